The quantitative estimate of drug-likeness (QED) is 0.725. The summed E-state index contributed by atoms with van der Waals surface area (Å²) in [6.07, 6.45) is 3.67. The summed E-state index contributed by atoms with van der Waals surface area (Å²) in [7, 11) is -7.14. The Morgan fingerprint density at radius 3 is 2.24 bits per heavy atom. The molecule has 0 bridgehead atoms. The molecular formula is C16H17NO6S2. The standard InChI is InChI=1S/C16H17NO6S2/c1-9-8-11(24(2,19)20)6-7-12(9)14(18)13-15(10-4-5-10)23-17-16(13)25(3,21)22/h6-8,10H,4-5H2,1-3H3. The molecule has 7 nitrogen and oxygen atoms in total. The van der Waals surface area contributed by atoms with Gasteiger partial charge >= 0.3 is 0 Å². The van der Waals surface area contributed by atoms with Crippen LogP contribution in [0.25, 0.3) is 0 Å². The van der Waals surface area contributed by atoms with Gasteiger partial charge in [0.1, 0.15) is 5.56 Å². The van der Waals surface area contributed by atoms with Crippen molar-refractivity contribution in [1.82, 2.24) is 5.16 Å². The molecule has 0 N–H and O–H groups in total. The molecule has 0 radical (unpaired) electrons. The predicted octanol–water partition coefficient (Wildman–Crippen LogP) is 1.90. The smallest absolute Gasteiger partial charge is 0.209 e. The Morgan fingerprint density at radius 1 is 1.12 bits per heavy atom. The van der Waals surface area contributed by atoms with Gasteiger partial charge in [0, 0.05) is 24.0 Å². The number of ketones is 1. The molecule has 2 aromatic rings. The van der Waals surface area contributed by atoms with E-state index in [1.165, 1.54) is 18.2 Å². The van der Waals surface area contributed by atoms with Gasteiger partial charge in [-0.15, -0.1) is 0 Å². The van der Waals surface area contributed by atoms with E-state index in [0.717, 1.165) is 25.4 Å². The van der Waals surface area contributed by atoms with Crippen molar-refractivity contribution in [3.05, 3.63) is 40.6 Å². The summed E-state index contributed by atoms with van der Waals surface area (Å²) in [6.45, 7) is 1.60. The Bertz CT molecular complexity index is 1080. The van der Waals surface area contributed by atoms with E-state index in [1.807, 2.05) is 0 Å². The molecule has 1 aromatic heterocycles. The van der Waals surface area contributed by atoms with Crippen molar-refractivity contribution in [3.63, 3.8) is 0 Å². The highest BCUT2D eigenvalue weighted by atomic mass is 32.2. The average Bonchev–Trinajstić information content (AvgIpc) is 3.22. The van der Waals surface area contributed by atoms with Crippen molar-refractivity contribution in [3.8, 4) is 0 Å². The van der Waals surface area contributed by atoms with Crippen molar-refractivity contribution in [2.45, 2.75) is 35.6 Å². The first-order valence-electron chi connectivity index (χ1n) is 7.55. The van der Waals surface area contributed by atoms with Gasteiger partial charge < -0.3 is 4.52 Å². The van der Waals surface area contributed by atoms with Crippen molar-refractivity contribution in [2.75, 3.05) is 12.5 Å². The molecular weight excluding hydrogens is 366 g/mol. The molecule has 134 valence electrons. The molecule has 0 atom stereocenters. The monoisotopic (exact) mass is 383 g/mol. The lowest BCUT2D eigenvalue weighted by Crippen LogP contribution is -2.11. The summed E-state index contributed by atoms with van der Waals surface area (Å²) in [5.74, 6) is -0.240. The number of sulfone groups is 2. The number of hydrogen-bond acceptors (Lipinski definition) is 7. The Morgan fingerprint density at radius 2 is 1.76 bits per heavy atom. The summed E-state index contributed by atoms with van der Waals surface area (Å²) in [5.41, 5.74) is 0.623. The maximum atomic E-state index is 13.0. The zero-order valence-electron chi connectivity index (χ0n) is 13.9. The zero-order chi connectivity index (χ0) is 18.6. The minimum atomic E-state index is -3.74. The second kappa shape index (κ2) is 5.77. The molecule has 1 saturated carbocycles. The van der Waals surface area contributed by atoms with E-state index in [9.17, 15) is 21.6 Å². The maximum Gasteiger partial charge on any atom is 0.209 e. The van der Waals surface area contributed by atoms with E-state index < -0.39 is 25.5 Å². The Hall–Kier alpha value is -2.00. The Balaban J connectivity index is 2.15. The lowest BCUT2D eigenvalue weighted by molar-refractivity contribution is 0.103. The summed E-state index contributed by atoms with van der Waals surface area (Å²) in [4.78, 5) is 13.1. The molecule has 0 aliphatic heterocycles. The van der Waals surface area contributed by atoms with Crippen molar-refractivity contribution >= 4 is 25.5 Å². The molecule has 1 aliphatic carbocycles. The van der Waals surface area contributed by atoms with Crippen molar-refractivity contribution in [1.29, 1.82) is 0 Å². The number of carbonyl (C=O) groups excluding carboxylic acids is 1. The number of nitrogens with zero attached hydrogens (tertiary/aromatic N) is 1. The molecule has 0 unspecified atom stereocenters. The van der Waals surface area contributed by atoms with E-state index in [4.69, 9.17) is 4.52 Å². The molecule has 1 heterocycles. The van der Waals surface area contributed by atoms with Crippen LogP contribution in [0.5, 0.6) is 0 Å². The van der Waals surface area contributed by atoms with Crippen LogP contribution in [0.3, 0.4) is 0 Å². The molecule has 1 aliphatic rings. The van der Waals surface area contributed by atoms with E-state index >= 15 is 0 Å². The highest BCUT2D eigenvalue weighted by molar-refractivity contribution is 7.91. The van der Waals surface area contributed by atoms with Gasteiger partial charge in [-0.05, 0) is 43.5 Å². The van der Waals surface area contributed by atoms with Crippen LogP contribution in [0.15, 0.2) is 32.6 Å². The summed E-state index contributed by atoms with van der Waals surface area (Å²) in [6, 6.07) is 4.12. The van der Waals surface area contributed by atoms with Crippen LogP contribution in [-0.4, -0.2) is 40.3 Å². The SMILES string of the molecule is Cc1cc(S(C)(=O)=O)ccc1C(=O)c1c(S(C)(=O)=O)noc1C1CC1. The van der Waals surface area contributed by atoms with Gasteiger partial charge in [-0.2, -0.15) is 0 Å². The largest absolute Gasteiger partial charge is 0.359 e. The third-order valence-electron chi connectivity index (χ3n) is 4.08. The normalized spacial score (nSPS) is 15.3. The first-order chi connectivity index (χ1) is 11.5. The van der Waals surface area contributed by atoms with Gasteiger partial charge in [0.15, 0.2) is 31.2 Å². The summed E-state index contributed by atoms with van der Waals surface area (Å²) >= 11 is 0. The van der Waals surface area contributed by atoms with Crippen molar-refractivity contribution in [2.24, 2.45) is 0 Å². The fraction of sp³-hybridized carbons (Fsp3) is 0.375. The van der Waals surface area contributed by atoms with E-state index in [-0.39, 0.29) is 32.7 Å². The van der Waals surface area contributed by atoms with Gasteiger partial charge in [-0.25, -0.2) is 16.8 Å². The average molecular weight is 383 g/mol. The molecule has 1 aromatic carbocycles. The van der Waals surface area contributed by atoms with Crippen LogP contribution in [0.1, 0.15) is 46.0 Å². The molecule has 0 amide bonds. The summed E-state index contributed by atoms with van der Waals surface area (Å²) < 4.78 is 52.4. The second-order valence-corrected chi connectivity index (χ2v) is 10.3. The first kappa shape index (κ1) is 17.8. The maximum absolute atomic E-state index is 13.0. The number of benzene rings is 1. The Kier molecular flexibility index (Phi) is 4.11. The van der Waals surface area contributed by atoms with E-state index in [0.29, 0.717) is 5.56 Å². The topological polar surface area (TPSA) is 111 Å². The highest BCUT2D eigenvalue weighted by Crippen LogP contribution is 2.43. The Labute approximate surface area is 145 Å². The zero-order valence-corrected chi connectivity index (χ0v) is 15.6. The van der Waals surface area contributed by atoms with Crippen LogP contribution in [0.4, 0.5) is 0 Å². The third-order valence-corrected chi connectivity index (χ3v) is 6.18. The highest BCUT2D eigenvalue weighted by Gasteiger charge is 2.38. The van der Waals surface area contributed by atoms with Crippen LogP contribution < -0.4 is 0 Å². The minimum absolute atomic E-state index is 0.00227. The fourth-order valence-corrected chi connectivity index (χ4v) is 4.07. The molecule has 9 heteroatoms. The van der Waals surface area contributed by atoms with Gasteiger partial charge in [-0.3, -0.25) is 4.79 Å². The van der Waals surface area contributed by atoms with Crippen molar-refractivity contribution < 1.29 is 26.2 Å². The lowest BCUT2D eigenvalue weighted by atomic mass is 9.98. The predicted molar refractivity (Wildman–Crippen MR) is 89.3 cm³/mol. The number of aryl methyl sites for hydroxylation is 1. The number of carbonyl (C=O) groups is 1. The van der Waals surface area contributed by atoms with E-state index in [1.54, 1.807) is 6.92 Å². The molecule has 1 fully saturated rings. The third kappa shape index (κ3) is 3.38. The molecule has 0 spiro atoms. The van der Waals surface area contributed by atoms with E-state index in [2.05, 4.69) is 5.16 Å². The van der Waals surface area contributed by atoms with Gasteiger partial charge in [0.05, 0.1) is 4.90 Å². The number of rotatable bonds is 5. The summed E-state index contributed by atoms with van der Waals surface area (Å²) in [5, 5.41) is 3.23. The van der Waals surface area contributed by atoms with Gasteiger partial charge in [0.2, 0.25) is 5.03 Å². The van der Waals surface area contributed by atoms with Crippen LogP contribution >= 0.6 is 0 Å². The minimum Gasteiger partial charge on any atom is -0.359 e. The van der Waals surface area contributed by atoms with Gasteiger partial charge in [-0.1, -0.05) is 5.16 Å². The lowest BCUT2D eigenvalue weighted by Gasteiger charge is -2.08. The van der Waals surface area contributed by atoms with Crippen LogP contribution in [-0.2, 0) is 19.7 Å². The molecule has 3 rings (SSSR count). The van der Waals surface area contributed by atoms with Crippen LogP contribution in [0.2, 0.25) is 0 Å². The molecule has 25 heavy (non-hydrogen) atoms. The van der Waals surface area contributed by atoms with Crippen LogP contribution in [0, 0.1) is 6.92 Å². The number of hydrogen-bond donors (Lipinski definition) is 0. The fourth-order valence-electron chi connectivity index (χ4n) is 2.63. The number of aromatic nitrogens is 1. The first-order valence-corrected chi connectivity index (χ1v) is 11.3. The molecule has 0 saturated heterocycles. The second-order valence-electron chi connectivity index (χ2n) is 6.35. The van der Waals surface area contributed by atoms with Gasteiger partial charge in [0.25, 0.3) is 0 Å².